The lowest BCUT2D eigenvalue weighted by molar-refractivity contribution is -0.113. The summed E-state index contributed by atoms with van der Waals surface area (Å²) in [5, 5.41) is 13.6. The molecule has 0 atom stereocenters. The number of nitrogens with one attached hydrogen (secondary N) is 1. The number of nitrogens with zero attached hydrogens (tertiary/aromatic N) is 1. The van der Waals surface area contributed by atoms with E-state index in [0.29, 0.717) is 28.7 Å². The number of ether oxygens (including phenoxy) is 1. The minimum atomic E-state index is -0.259. The van der Waals surface area contributed by atoms with Crippen molar-refractivity contribution < 1.29 is 14.6 Å². The number of aromatic hydroxyl groups is 1. The largest absolute Gasteiger partial charge is 0.504 e. The number of carbonyl (C=O) groups is 1. The molecule has 2 aromatic rings. The summed E-state index contributed by atoms with van der Waals surface area (Å²) in [5.41, 5.74) is 3.62. The van der Waals surface area contributed by atoms with E-state index in [4.69, 9.17) is 17.0 Å². The number of rotatable bonds is 4. The molecule has 0 bridgehead atoms. The second-order valence-electron chi connectivity index (χ2n) is 5.97. The molecule has 0 saturated carbocycles. The van der Waals surface area contributed by atoms with E-state index in [-0.39, 0.29) is 11.7 Å². The highest BCUT2D eigenvalue weighted by Gasteiger charge is 2.33. The summed E-state index contributed by atoms with van der Waals surface area (Å²) >= 11 is 5.36. The van der Waals surface area contributed by atoms with Crippen LogP contribution in [0.3, 0.4) is 0 Å². The molecular formula is C20H20N2O3S. The van der Waals surface area contributed by atoms with E-state index in [9.17, 15) is 9.90 Å². The summed E-state index contributed by atoms with van der Waals surface area (Å²) in [5.74, 6) is 0.110. The van der Waals surface area contributed by atoms with E-state index in [1.54, 1.807) is 24.3 Å². The van der Waals surface area contributed by atoms with Gasteiger partial charge in [-0.2, -0.15) is 0 Å². The van der Waals surface area contributed by atoms with Crippen molar-refractivity contribution in [2.24, 2.45) is 0 Å². The minimum Gasteiger partial charge on any atom is -0.504 e. The maximum Gasteiger partial charge on any atom is 0.281 e. The predicted octanol–water partition coefficient (Wildman–Crippen LogP) is 3.67. The number of phenols is 1. The van der Waals surface area contributed by atoms with E-state index < -0.39 is 0 Å². The number of phenolic OH excluding ortho intramolecular Hbond substituents is 1. The van der Waals surface area contributed by atoms with Crippen LogP contribution in [0.1, 0.15) is 23.6 Å². The summed E-state index contributed by atoms with van der Waals surface area (Å²) in [6.07, 6.45) is 1.58. The van der Waals surface area contributed by atoms with Gasteiger partial charge in [0.25, 0.3) is 5.91 Å². The monoisotopic (exact) mass is 368 g/mol. The lowest BCUT2D eigenvalue weighted by Crippen LogP contribution is -2.31. The first-order chi connectivity index (χ1) is 12.4. The van der Waals surface area contributed by atoms with E-state index in [1.807, 2.05) is 39.0 Å². The molecule has 1 heterocycles. The average molecular weight is 368 g/mol. The Balaban J connectivity index is 1.98. The van der Waals surface area contributed by atoms with Gasteiger partial charge in [-0.1, -0.05) is 24.3 Å². The molecular weight excluding hydrogens is 348 g/mol. The predicted molar refractivity (Wildman–Crippen MR) is 106 cm³/mol. The maximum absolute atomic E-state index is 12.9. The van der Waals surface area contributed by atoms with Crippen molar-refractivity contribution in [3.8, 4) is 11.5 Å². The first-order valence-electron chi connectivity index (χ1n) is 8.32. The first kappa shape index (κ1) is 17.9. The Bertz CT molecular complexity index is 921. The van der Waals surface area contributed by atoms with Crippen LogP contribution >= 0.6 is 12.2 Å². The second kappa shape index (κ2) is 7.17. The highest BCUT2D eigenvalue weighted by Crippen LogP contribution is 2.33. The molecule has 1 amide bonds. The zero-order chi connectivity index (χ0) is 18.8. The Labute approximate surface area is 157 Å². The SMILES string of the molecule is CCOc1cccc(C=C2NC(=S)N(c3cccc(C)c3C)C2=O)c1O. The third-order valence-corrected chi connectivity index (χ3v) is 4.61. The standard InChI is InChI=1S/C20H20N2O3S/c1-4-25-17-10-6-8-14(18(17)23)11-15-19(24)22(20(26)21-15)16-9-5-7-12(2)13(16)3/h5-11,23H,4H2,1-3H3,(H,21,26). The average Bonchev–Trinajstić information content (AvgIpc) is 2.88. The third kappa shape index (κ3) is 3.15. The number of anilines is 1. The van der Waals surface area contributed by atoms with Crippen molar-refractivity contribution in [3.05, 3.63) is 58.8 Å². The van der Waals surface area contributed by atoms with Gasteiger partial charge in [-0.05, 0) is 62.3 Å². The van der Waals surface area contributed by atoms with Gasteiger partial charge in [0.2, 0.25) is 0 Å². The zero-order valence-corrected chi connectivity index (χ0v) is 15.7. The highest BCUT2D eigenvalue weighted by atomic mass is 32.1. The number of hydrogen-bond donors (Lipinski definition) is 2. The van der Waals surface area contributed by atoms with Crippen LogP contribution in [0.2, 0.25) is 0 Å². The van der Waals surface area contributed by atoms with E-state index in [2.05, 4.69) is 5.32 Å². The molecule has 1 aliphatic rings. The molecule has 1 aliphatic heterocycles. The van der Waals surface area contributed by atoms with Gasteiger partial charge in [0.15, 0.2) is 16.6 Å². The molecule has 5 nitrogen and oxygen atoms in total. The van der Waals surface area contributed by atoms with Crippen LogP contribution in [0, 0.1) is 13.8 Å². The van der Waals surface area contributed by atoms with Crippen molar-refractivity contribution in [2.75, 3.05) is 11.5 Å². The van der Waals surface area contributed by atoms with E-state index >= 15 is 0 Å². The van der Waals surface area contributed by atoms with Gasteiger partial charge in [0.05, 0.1) is 12.3 Å². The number of thiocarbonyl (C=S) groups is 1. The van der Waals surface area contributed by atoms with Crippen LogP contribution in [0.4, 0.5) is 5.69 Å². The minimum absolute atomic E-state index is 0.00689. The fourth-order valence-electron chi connectivity index (χ4n) is 2.81. The Kier molecular flexibility index (Phi) is 4.95. The number of hydrogen-bond acceptors (Lipinski definition) is 4. The Morgan fingerprint density at radius 1 is 1.23 bits per heavy atom. The molecule has 134 valence electrons. The lowest BCUT2D eigenvalue weighted by Gasteiger charge is -2.18. The fraction of sp³-hybridized carbons (Fsp3) is 0.200. The van der Waals surface area contributed by atoms with Crippen LogP contribution < -0.4 is 15.0 Å². The van der Waals surface area contributed by atoms with Crippen LogP contribution in [0.25, 0.3) is 6.08 Å². The molecule has 0 aromatic heterocycles. The van der Waals surface area contributed by atoms with Gasteiger partial charge in [0, 0.05) is 5.56 Å². The van der Waals surface area contributed by atoms with Crippen molar-refractivity contribution >= 4 is 35.0 Å². The van der Waals surface area contributed by atoms with Crippen LogP contribution in [0.15, 0.2) is 42.1 Å². The molecule has 0 radical (unpaired) electrons. The topological polar surface area (TPSA) is 61.8 Å². The number of para-hydroxylation sites is 1. The van der Waals surface area contributed by atoms with Gasteiger partial charge in [-0.15, -0.1) is 0 Å². The van der Waals surface area contributed by atoms with Gasteiger partial charge in [-0.25, -0.2) is 0 Å². The fourth-order valence-corrected chi connectivity index (χ4v) is 3.11. The summed E-state index contributed by atoms with van der Waals surface area (Å²) in [6.45, 7) is 6.23. The smallest absolute Gasteiger partial charge is 0.281 e. The number of benzene rings is 2. The van der Waals surface area contributed by atoms with Crippen molar-refractivity contribution in [1.29, 1.82) is 0 Å². The van der Waals surface area contributed by atoms with Crippen LogP contribution in [-0.2, 0) is 4.79 Å². The number of amides is 1. The number of aryl methyl sites for hydroxylation is 1. The molecule has 1 saturated heterocycles. The van der Waals surface area contributed by atoms with Gasteiger partial charge in [0.1, 0.15) is 5.70 Å². The summed E-state index contributed by atoms with van der Waals surface area (Å²) in [6, 6.07) is 10.9. The van der Waals surface area contributed by atoms with Crippen LogP contribution in [0.5, 0.6) is 11.5 Å². The Morgan fingerprint density at radius 2 is 1.96 bits per heavy atom. The molecule has 2 N–H and O–H groups in total. The summed E-state index contributed by atoms with van der Waals surface area (Å²) in [4.78, 5) is 14.4. The molecule has 1 fully saturated rings. The Morgan fingerprint density at radius 3 is 2.69 bits per heavy atom. The maximum atomic E-state index is 12.9. The van der Waals surface area contributed by atoms with Gasteiger partial charge in [-0.3, -0.25) is 9.69 Å². The number of carbonyl (C=O) groups excluding carboxylic acids is 1. The highest BCUT2D eigenvalue weighted by molar-refractivity contribution is 7.80. The van der Waals surface area contributed by atoms with Crippen LogP contribution in [-0.4, -0.2) is 22.7 Å². The molecule has 2 aromatic carbocycles. The Hall–Kier alpha value is -2.86. The molecule has 0 unspecified atom stereocenters. The van der Waals surface area contributed by atoms with E-state index in [0.717, 1.165) is 16.8 Å². The van der Waals surface area contributed by atoms with Gasteiger partial charge >= 0.3 is 0 Å². The molecule has 0 spiro atoms. The second-order valence-corrected chi connectivity index (χ2v) is 6.36. The van der Waals surface area contributed by atoms with Crippen molar-refractivity contribution in [3.63, 3.8) is 0 Å². The first-order valence-corrected chi connectivity index (χ1v) is 8.73. The molecule has 3 rings (SSSR count). The normalized spacial score (nSPS) is 15.5. The lowest BCUT2D eigenvalue weighted by atomic mass is 10.1. The van der Waals surface area contributed by atoms with E-state index in [1.165, 1.54) is 4.90 Å². The third-order valence-electron chi connectivity index (χ3n) is 4.33. The summed E-state index contributed by atoms with van der Waals surface area (Å²) < 4.78 is 5.39. The van der Waals surface area contributed by atoms with Gasteiger partial charge < -0.3 is 15.2 Å². The zero-order valence-electron chi connectivity index (χ0n) is 14.9. The quantitative estimate of drug-likeness (QED) is 0.637. The molecule has 26 heavy (non-hydrogen) atoms. The van der Waals surface area contributed by atoms with Crippen molar-refractivity contribution in [1.82, 2.24) is 5.32 Å². The summed E-state index contributed by atoms with van der Waals surface area (Å²) in [7, 11) is 0. The molecule has 6 heteroatoms. The molecule has 0 aliphatic carbocycles. The van der Waals surface area contributed by atoms with Crippen molar-refractivity contribution in [2.45, 2.75) is 20.8 Å².